The van der Waals surface area contributed by atoms with Gasteiger partial charge in [0, 0.05) is 24.0 Å². The summed E-state index contributed by atoms with van der Waals surface area (Å²) >= 11 is 0. The molecule has 1 unspecified atom stereocenters. The van der Waals surface area contributed by atoms with Gasteiger partial charge in [-0.05, 0) is 85.8 Å². The number of benzene rings is 2. The molecule has 9 heteroatoms. The monoisotopic (exact) mass is 560 g/mol. The zero-order chi connectivity index (χ0) is 27.8. The minimum Gasteiger partial charge on any atom is -0.444 e. The molecule has 1 atom stereocenters. The molecule has 1 aliphatic rings. The van der Waals surface area contributed by atoms with Crippen LogP contribution in [0.3, 0.4) is 0 Å². The fourth-order valence-electron chi connectivity index (χ4n) is 5.08. The molecule has 0 bridgehead atoms. The number of aliphatic hydroxyl groups is 1. The maximum absolute atomic E-state index is 13.0. The van der Waals surface area contributed by atoms with Gasteiger partial charge in [0.2, 0.25) is 5.89 Å². The molecule has 8 nitrogen and oxygen atoms in total. The fourth-order valence-corrected chi connectivity index (χ4v) is 6.14. The Hall–Kier alpha value is -3.53. The summed E-state index contributed by atoms with van der Waals surface area (Å²) in [5, 5.41) is 13.4. The van der Waals surface area contributed by atoms with Crippen LogP contribution >= 0.6 is 0 Å². The molecular formula is C31H36N4O4S. The predicted octanol–water partition coefficient (Wildman–Crippen LogP) is 5.53. The van der Waals surface area contributed by atoms with Crippen molar-refractivity contribution in [3.8, 4) is 11.5 Å². The fraction of sp³-hybridized carbons (Fsp3) is 0.355. The van der Waals surface area contributed by atoms with Crippen LogP contribution in [0.1, 0.15) is 55.2 Å². The quantitative estimate of drug-likeness (QED) is 0.184. The number of oxazole rings is 1. The Morgan fingerprint density at radius 1 is 0.975 bits per heavy atom. The zero-order valence-electron chi connectivity index (χ0n) is 22.5. The summed E-state index contributed by atoms with van der Waals surface area (Å²) in [6.45, 7) is 1.08. The van der Waals surface area contributed by atoms with Crippen molar-refractivity contribution in [3.05, 3.63) is 96.1 Å². The second-order valence-corrected chi connectivity index (χ2v) is 12.1. The normalized spacial score (nSPS) is 14.8. The number of nitrogens with zero attached hydrogens (tertiary/aromatic N) is 2. The smallest absolute Gasteiger partial charge is 0.261 e. The van der Waals surface area contributed by atoms with E-state index in [1.807, 2.05) is 24.3 Å². The van der Waals surface area contributed by atoms with Gasteiger partial charge in [-0.25, -0.2) is 13.4 Å². The molecule has 1 fully saturated rings. The highest BCUT2D eigenvalue weighted by atomic mass is 32.2. The molecular weight excluding hydrogens is 524 g/mol. The Morgan fingerprint density at radius 2 is 1.75 bits per heavy atom. The van der Waals surface area contributed by atoms with Gasteiger partial charge in [0.25, 0.3) is 10.0 Å². The van der Waals surface area contributed by atoms with Crippen molar-refractivity contribution < 1.29 is 17.9 Å². The highest BCUT2D eigenvalue weighted by molar-refractivity contribution is 7.92. The van der Waals surface area contributed by atoms with Crippen molar-refractivity contribution in [1.29, 1.82) is 0 Å². The first kappa shape index (κ1) is 28.0. The Balaban J connectivity index is 1.10. The van der Waals surface area contributed by atoms with Crippen molar-refractivity contribution >= 4 is 15.7 Å². The largest absolute Gasteiger partial charge is 0.444 e. The number of aliphatic hydroxyl groups excluding tert-OH is 1. The van der Waals surface area contributed by atoms with E-state index in [1.54, 1.807) is 54.9 Å². The van der Waals surface area contributed by atoms with Gasteiger partial charge in [-0.3, -0.25) is 9.71 Å². The molecule has 0 spiro atoms. The van der Waals surface area contributed by atoms with Gasteiger partial charge in [-0.2, -0.15) is 0 Å². The molecule has 0 saturated heterocycles. The van der Waals surface area contributed by atoms with Crippen LogP contribution in [0.5, 0.6) is 0 Å². The third-order valence-corrected chi connectivity index (χ3v) is 8.81. The lowest BCUT2D eigenvalue weighted by Gasteiger charge is -2.12. The number of anilines is 1. The number of rotatable bonds is 13. The molecule has 2 aromatic carbocycles. The summed E-state index contributed by atoms with van der Waals surface area (Å²) in [5.41, 5.74) is 3.88. The highest BCUT2D eigenvalue weighted by Gasteiger charge is 2.17. The van der Waals surface area contributed by atoms with Gasteiger partial charge < -0.3 is 14.8 Å². The van der Waals surface area contributed by atoms with E-state index < -0.39 is 16.1 Å². The van der Waals surface area contributed by atoms with Crippen LogP contribution in [0, 0.1) is 5.92 Å². The molecule has 0 aliphatic heterocycles. The van der Waals surface area contributed by atoms with Crippen molar-refractivity contribution in [2.75, 3.05) is 17.8 Å². The van der Waals surface area contributed by atoms with Gasteiger partial charge >= 0.3 is 0 Å². The first-order valence-electron chi connectivity index (χ1n) is 13.9. The molecule has 2 aromatic heterocycles. The standard InChI is InChI=1S/C31H36N4O4S/c36-30(29-7-3-4-19-33-29)21-32-20-18-24-8-13-26(14-9-24)35-40(37,38)28-16-11-25(12-17-28)31-34-27(22-39-31)15-10-23-5-1-2-6-23/h3-4,7-9,11-14,16-17,19,22-23,30,32,35-36H,1-2,5-6,10,15,18,20-21H2. The Kier molecular flexibility index (Phi) is 9.26. The zero-order valence-corrected chi connectivity index (χ0v) is 23.3. The van der Waals surface area contributed by atoms with Gasteiger partial charge in [-0.15, -0.1) is 0 Å². The van der Waals surface area contributed by atoms with Crippen LogP contribution in [0.25, 0.3) is 11.5 Å². The van der Waals surface area contributed by atoms with Crippen molar-refractivity contribution in [2.24, 2.45) is 5.92 Å². The number of pyridine rings is 1. The molecule has 210 valence electrons. The van der Waals surface area contributed by atoms with Gasteiger partial charge in [0.15, 0.2) is 0 Å². The summed E-state index contributed by atoms with van der Waals surface area (Å²) in [4.78, 5) is 8.94. The third kappa shape index (κ3) is 7.56. The summed E-state index contributed by atoms with van der Waals surface area (Å²) < 4.78 is 34.2. The minimum atomic E-state index is -3.74. The summed E-state index contributed by atoms with van der Waals surface area (Å²) in [6, 6.07) is 19.3. The lowest BCUT2D eigenvalue weighted by Crippen LogP contribution is -2.24. The number of sulfonamides is 1. The minimum absolute atomic E-state index is 0.170. The topological polar surface area (TPSA) is 117 Å². The summed E-state index contributed by atoms with van der Waals surface area (Å²) in [7, 11) is -3.74. The summed E-state index contributed by atoms with van der Waals surface area (Å²) in [5.74, 6) is 1.31. The molecule has 0 radical (unpaired) electrons. The number of nitrogens with one attached hydrogen (secondary N) is 2. The van der Waals surface area contributed by atoms with E-state index in [0.717, 1.165) is 42.0 Å². The Bertz CT molecular complexity index is 1450. The number of hydrogen-bond acceptors (Lipinski definition) is 7. The average molecular weight is 561 g/mol. The van der Waals surface area contributed by atoms with Crippen molar-refractivity contribution in [3.63, 3.8) is 0 Å². The molecule has 0 amide bonds. The molecule has 4 aromatic rings. The van der Waals surface area contributed by atoms with E-state index in [9.17, 15) is 13.5 Å². The van der Waals surface area contributed by atoms with Crippen molar-refractivity contribution in [2.45, 2.75) is 55.9 Å². The lowest BCUT2D eigenvalue weighted by molar-refractivity contribution is 0.170. The van der Waals surface area contributed by atoms with Gasteiger partial charge in [0.05, 0.1) is 16.3 Å². The van der Waals surface area contributed by atoms with E-state index in [4.69, 9.17) is 4.42 Å². The molecule has 3 N–H and O–H groups in total. The SMILES string of the molecule is O=S(=O)(Nc1ccc(CCNCC(O)c2ccccn2)cc1)c1ccc(-c2nc(CCC3CCCC3)co2)cc1. The van der Waals surface area contributed by atoms with Crippen LogP contribution in [0.2, 0.25) is 0 Å². The first-order valence-corrected chi connectivity index (χ1v) is 15.4. The van der Waals surface area contributed by atoms with E-state index in [2.05, 4.69) is 20.0 Å². The average Bonchev–Trinajstić information content (AvgIpc) is 3.68. The van der Waals surface area contributed by atoms with Gasteiger partial charge in [0.1, 0.15) is 12.4 Å². The van der Waals surface area contributed by atoms with Gasteiger partial charge in [-0.1, -0.05) is 43.9 Å². The Labute approximate surface area is 235 Å². The molecule has 40 heavy (non-hydrogen) atoms. The molecule has 1 aliphatic carbocycles. The van der Waals surface area contributed by atoms with Crippen LogP contribution in [-0.2, 0) is 22.9 Å². The maximum Gasteiger partial charge on any atom is 0.261 e. The highest BCUT2D eigenvalue weighted by Crippen LogP contribution is 2.29. The summed E-state index contributed by atoms with van der Waals surface area (Å²) in [6.07, 6.45) is 10.8. The molecule has 5 rings (SSSR count). The van der Waals surface area contributed by atoms with E-state index in [1.165, 1.54) is 25.7 Å². The van der Waals surface area contributed by atoms with E-state index >= 15 is 0 Å². The van der Waals surface area contributed by atoms with Crippen molar-refractivity contribution in [1.82, 2.24) is 15.3 Å². The van der Waals surface area contributed by atoms with Crippen LogP contribution in [-0.4, -0.2) is 36.6 Å². The number of aryl methyl sites for hydroxylation is 1. The molecule has 2 heterocycles. The van der Waals surface area contributed by atoms with Crippen LogP contribution in [0.4, 0.5) is 5.69 Å². The molecule has 1 saturated carbocycles. The third-order valence-electron chi connectivity index (χ3n) is 7.41. The second-order valence-electron chi connectivity index (χ2n) is 10.4. The maximum atomic E-state index is 13.0. The predicted molar refractivity (Wildman–Crippen MR) is 155 cm³/mol. The first-order chi connectivity index (χ1) is 19.5. The van der Waals surface area contributed by atoms with E-state index in [-0.39, 0.29) is 4.90 Å². The number of aromatic nitrogens is 2. The lowest BCUT2D eigenvalue weighted by atomic mass is 10.0. The van der Waals surface area contributed by atoms with Crippen LogP contribution in [0.15, 0.2) is 88.5 Å². The number of hydrogen-bond donors (Lipinski definition) is 3. The Morgan fingerprint density at radius 3 is 2.48 bits per heavy atom. The van der Waals surface area contributed by atoms with Crippen LogP contribution < -0.4 is 10.0 Å². The second kappa shape index (κ2) is 13.2. The van der Waals surface area contributed by atoms with E-state index in [0.29, 0.717) is 30.4 Å².